The fraction of sp³-hybridized carbons (Fsp3) is 0.619. The number of amides is 2. The van der Waals surface area contributed by atoms with E-state index in [0.717, 1.165) is 50.9 Å². The van der Waals surface area contributed by atoms with Gasteiger partial charge in [-0.1, -0.05) is 6.42 Å². The number of hydrogen-bond acceptors (Lipinski definition) is 5. The molecule has 4 atom stereocenters. The van der Waals surface area contributed by atoms with E-state index >= 15 is 0 Å². The molecule has 0 spiro atoms. The van der Waals surface area contributed by atoms with Crippen LogP contribution in [0, 0.1) is 11.8 Å². The topological polar surface area (TPSA) is 67.9 Å². The summed E-state index contributed by atoms with van der Waals surface area (Å²) in [5, 5.41) is 3.40. The van der Waals surface area contributed by atoms with Crippen molar-refractivity contribution in [1.82, 2.24) is 10.2 Å². The Bertz CT molecular complexity index is 780. The lowest BCUT2D eigenvalue weighted by atomic mass is 9.78. The molecule has 7 heteroatoms. The third-order valence-corrected chi connectivity index (χ3v) is 7.93. The smallest absolute Gasteiger partial charge is 0.251 e. The van der Waals surface area contributed by atoms with Crippen molar-refractivity contribution in [1.29, 1.82) is 0 Å². The quantitative estimate of drug-likeness (QED) is 0.842. The van der Waals surface area contributed by atoms with Crippen molar-refractivity contribution < 1.29 is 19.1 Å². The molecule has 6 nitrogen and oxygen atoms in total. The van der Waals surface area contributed by atoms with E-state index in [0.29, 0.717) is 34.8 Å². The van der Waals surface area contributed by atoms with Crippen molar-refractivity contribution in [3.05, 3.63) is 23.8 Å². The van der Waals surface area contributed by atoms with Crippen molar-refractivity contribution >= 4 is 23.6 Å². The lowest BCUT2D eigenvalue weighted by molar-refractivity contribution is -0.129. The highest BCUT2D eigenvalue weighted by atomic mass is 32.2. The van der Waals surface area contributed by atoms with Gasteiger partial charge in [-0.05, 0) is 55.6 Å². The fourth-order valence-electron chi connectivity index (χ4n) is 5.10. The minimum atomic E-state index is -0.0694. The molecule has 0 aromatic heterocycles. The minimum Gasteiger partial charge on any atom is -0.454 e. The molecule has 0 bridgehead atoms. The molecule has 150 valence electrons. The lowest BCUT2D eigenvalue weighted by Gasteiger charge is -2.33. The molecule has 1 aromatic carbocycles. The van der Waals surface area contributed by atoms with E-state index in [1.54, 1.807) is 30.0 Å². The minimum absolute atomic E-state index is 0.0694. The number of thioether (sulfide) groups is 1. The molecule has 5 rings (SSSR count). The van der Waals surface area contributed by atoms with E-state index < -0.39 is 0 Å². The first-order valence-electron chi connectivity index (χ1n) is 10.3. The van der Waals surface area contributed by atoms with Crippen molar-refractivity contribution in [2.45, 2.75) is 43.4 Å². The molecule has 3 fully saturated rings. The van der Waals surface area contributed by atoms with Gasteiger partial charge in [0.1, 0.15) is 0 Å². The van der Waals surface area contributed by atoms with Gasteiger partial charge in [0, 0.05) is 30.6 Å². The first-order chi connectivity index (χ1) is 13.7. The van der Waals surface area contributed by atoms with Crippen LogP contribution in [0.2, 0.25) is 0 Å². The van der Waals surface area contributed by atoms with Crippen LogP contribution in [0.5, 0.6) is 11.5 Å². The number of carbonyl (C=O) groups excluding carboxylic acids is 2. The Morgan fingerprint density at radius 2 is 1.96 bits per heavy atom. The first-order valence-corrected chi connectivity index (χ1v) is 11.3. The number of likely N-dealkylation sites (tertiary alicyclic amines) is 1. The normalized spacial score (nSPS) is 30.9. The van der Waals surface area contributed by atoms with Crippen LogP contribution in [-0.2, 0) is 4.79 Å². The van der Waals surface area contributed by atoms with Gasteiger partial charge in [-0.25, -0.2) is 0 Å². The first kappa shape index (κ1) is 18.2. The van der Waals surface area contributed by atoms with E-state index in [9.17, 15) is 9.59 Å². The van der Waals surface area contributed by atoms with Gasteiger partial charge in [0.2, 0.25) is 12.7 Å². The Labute approximate surface area is 169 Å². The maximum absolute atomic E-state index is 12.8. The summed E-state index contributed by atoms with van der Waals surface area (Å²) in [5.41, 5.74) is 0.597. The van der Waals surface area contributed by atoms with E-state index in [1.807, 2.05) is 0 Å². The molecular formula is C21H26N2O4S. The van der Waals surface area contributed by atoms with Gasteiger partial charge < -0.3 is 19.7 Å². The lowest BCUT2D eigenvalue weighted by Crippen LogP contribution is -2.45. The Morgan fingerprint density at radius 1 is 1.07 bits per heavy atom. The molecule has 0 radical (unpaired) electrons. The molecule has 3 aliphatic heterocycles. The Kier molecular flexibility index (Phi) is 4.87. The second kappa shape index (κ2) is 7.50. The van der Waals surface area contributed by atoms with Crippen LogP contribution in [0.1, 0.15) is 42.5 Å². The van der Waals surface area contributed by atoms with Crippen LogP contribution in [-0.4, -0.2) is 53.6 Å². The summed E-state index contributed by atoms with van der Waals surface area (Å²) in [4.78, 5) is 27.7. The summed E-state index contributed by atoms with van der Waals surface area (Å²) in [6, 6.07) is 5.45. The van der Waals surface area contributed by atoms with Crippen molar-refractivity contribution in [2.24, 2.45) is 11.8 Å². The van der Waals surface area contributed by atoms with E-state index in [2.05, 4.69) is 10.2 Å². The van der Waals surface area contributed by atoms with Gasteiger partial charge in [0.05, 0.1) is 5.25 Å². The van der Waals surface area contributed by atoms with Gasteiger partial charge in [-0.15, -0.1) is 11.8 Å². The van der Waals surface area contributed by atoms with E-state index in [4.69, 9.17) is 9.47 Å². The van der Waals surface area contributed by atoms with Gasteiger partial charge in [-0.3, -0.25) is 9.59 Å². The molecule has 2 amide bonds. The zero-order chi connectivity index (χ0) is 19.1. The molecule has 28 heavy (non-hydrogen) atoms. The second-order valence-electron chi connectivity index (χ2n) is 8.25. The SMILES string of the molecule is O=C(NC1CCCC2CN(C(=O)C3CCCS3)CC21)c1ccc2c(c1)OCO2. The summed E-state index contributed by atoms with van der Waals surface area (Å²) < 4.78 is 10.7. The number of nitrogens with one attached hydrogen (secondary N) is 1. The molecule has 1 aliphatic carbocycles. The molecule has 1 aromatic rings. The largest absolute Gasteiger partial charge is 0.454 e. The van der Waals surface area contributed by atoms with Gasteiger partial charge in [-0.2, -0.15) is 0 Å². The number of carbonyl (C=O) groups is 2. The highest BCUT2D eigenvalue weighted by molar-refractivity contribution is 8.00. The summed E-state index contributed by atoms with van der Waals surface area (Å²) >= 11 is 1.81. The second-order valence-corrected chi connectivity index (χ2v) is 9.56. The maximum atomic E-state index is 12.8. The van der Waals surface area contributed by atoms with Crippen molar-refractivity contribution in [3.63, 3.8) is 0 Å². The highest BCUT2D eigenvalue weighted by Crippen LogP contribution is 2.39. The molecule has 3 heterocycles. The van der Waals surface area contributed by atoms with E-state index in [1.165, 1.54) is 0 Å². The average molecular weight is 403 g/mol. The molecule has 4 unspecified atom stereocenters. The summed E-state index contributed by atoms with van der Waals surface area (Å²) in [7, 11) is 0. The van der Waals surface area contributed by atoms with Crippen LogP contribution in [0.3, 0.4) is 0 Å². The number of rotatable bonds is 3. The number of hydrogen-bond donors (Lipinski definition) is 1. The molecule has 2 saturated heterocycles. The molecule has 4 aliphatic rings. The van der Waals surface area contributed by atoms with Gasteiger partial charge >= 0.3 is 0 Å². The van der Waals surface area contributed by atoms with Gasteiger partial charge in [0.25, 0.3) is 5.91 Å². The zero-order valence-electron chi connectivity index (χ0n) is 15.9. The molecule has 1 N–H and O–H groups in total. The van der Waals surface area contributed by atoms with Crippen LogP contribution >= 0.6 is 11.8 Å². The third-order valence-electron chi connectivity index (χ3n) is 6.57. The number of ether oxygens (including phenoxy) is 2. The number of benzene rings is 1. The average Bonchev–Trinajstić information content (AvgIpc) is 3.46. The molecule has 1 saturated carbocycles. The zero-order valence-corrected chi connectivity index (χ0v) is 16.7. The Balaban J connectivity index is 1.25. The number of fused-ring (bicyclic) bond motifs is 2. The van der Waals surface area contributed by atoms with Crippen LogP contribution in [0.4, 0.5) is 0 Å². The van der Waals surface area contributed by atoms with Crippen molar-refractivity contribution in [2.75, 3.05) is 25.6 Å². The van der Waals surface area contributed by atoms with Crippen LogP contribution < -0.4 is 14.8 Å². The van der Waals surface area contributed by atoms with Crippen LogP contribution in [0.15, 0.2) is 18.2 Å². The highest BCUT2D eigenvalue weighted by Gasteiger charge is 2.43. The van der Waals surface area contributed by atoms with Crippen molar-refractivity contribution in [3.8, 4) is 11.5 Å². The predicted octanol–water partition coefficient (Wildman–Crippen LogP) is 2.67. The van der Waals surface area contributed by atoms with Gasteiger partial charge in [0.15, 0.2) is 11.5 Å². The maximum Gasteiger partial charge on any atom is 0.251 e. The molecular weight excluding hydrogens is 376 g/mol. The van der Waals surface area contributed by atoms with E-state index in [-0.39, 0.29) is 24.0 Å². The predicted molar refractivity (Wildman–Crippen MR) is 107 cm³/mol. The fourth-order valence-corrected chi connectivity index (χ4v) is 6.34. The third kappa shape index (κ3) is 3.34. The Morgan fingerprint density at radius 3 is 2.82 bits per heavy atom. The summed E-state index contributed by atoms with van der Waals surface area (Å²) in [6.45, 7) is 1.85. The van der Waals surface area contributed by atoms with Crippen LogP contribution in [0.25, 0.3) is 0 Å². The summed E-state index contributed by atoms with van der Waals surface area (Å²) in [5.74, 6) is 3.53. The Hall–Kier alpha value is -1.89. The monoisotopic (exact) mass is 402 g/mol. The summed E-state index contributed by atoms with van der Waals surface area (Å²) in [6.07, 6.45) is 5.41. The standard InChI is InChI=1S/C21H26N2O4S/c24-20(13-6-7-17-18(9-13)27-12-26-17)22-16-4-1-3-14-10-23(11-15(14)16)21(25)19-5-2-8-28-19/h6-7,9,14-16,19H,1-5,8,10-12H2,(H,22,24). The number of nitrogens with zero attached hydrogens (tertiary/aromatic N) is 1.